The van der Waals surface area contributed by atoms with E-state index in [9.17, 15) is 9.59 Å². The van der Waals surface area contributed by atoms with E-state index in [1.807, 2.05) is 30.3 Å². The highest BCUT2D eigenvalue weighted by atomic mass is 32.1. The van der Waals surface area contributed by atoms with Crippen LogP contribution in [0.4, 0.5) is 15.6 Å². The Kier molecular flexibility index (Phi) is 4.32. The van der Waals surface area contributed by atoms with E-state index < -0.39 is 0 Å². The average molecular weight is 365 g/mol. The van der Waals surface area contributed by atoms with Crippen LogP contribution >= 0.6 is 11.3 Å². The number of aromatic nitrogens is 2. The fourth-order valence-corrected chi connectivity index (χ4v) is 3.40. The molecule has 0 unspecified atom stereocenters. The fraction of sp³-hybridized carbons (Fsp3) is 0.111. The minimum Gasteiger partial charge on any atom is -0.336 e. The van der Waals surface area contributed by atoms with E-state index in [0.29, 0.717) is 23.8 Å². The molecule has 0 atom stereocenters. The predicted molar refractivity (Wildman–Crippen MR) is 100 cm³/mol. The van der Waals surface area contributed by atoms with Gasteiger partial charge in [-0.2, -0.15) is 0 Å². The first kappa shape index (κ1) is 16.2. The molecule has 0 aliphatic carbocycles. The summed E-state index contributed by atoms with van der Waals surface area (Å²) in [6.45, 7) is 1.25. The van der Waals surface area contributed by atoms with E-state index >= 15 is 0 Å². The highest BCUT2D eigenvalue weighted by Gasteiger charge is 2.21. The van der Waals surface area contributed by atoms with Gasteiger partial charge in [0.25, 0.3) is 5.91 Å². The number of carbonyl (C=O) groups is 2. The van der Waals surface area contributed by atoms with Crippen molar-refractivity contribution in [1.29, 1.82) is 0 Å². The van der Waals surface area contributed by atoms with E-state index in [0.717, 1.165) is 16.3 Å². The maximum atomic E-state index is 12.4. The predicted octanol–water partition coefficient (Wildman–Crippen LogP) is 2.99. The molecule has 2 N–H and O–H groups in total. The molecule has 4 rings (SSSR count). The van der Waals surface area contributed by atoms with Crippen LogP contribution in [0, 0.1) is 0 Å². The summed E-state index contributed by atoms with van der Waals surface area (Å²) < 4.78 is 0. The number of rotatable bonds is 4. The molecule has 1 fully saturated rings. The topological polar surface area (TPSA) is 87.2 Å². The molecule has 8 heteroatoms. The second-order valence-corrected chi connectivity index (χ2v) is 6.64. The first-order chi connectivity index (χ1) is 12.7. The molecule has 1 aliphatic heterocycles. The van der Waals surface area contributed by atoms with E-state index in [4.69, 9.17) is 0 Å². The molecule has 0 saturated carbocycles. The Morgan fingerprint density at radius 2 is 1.85 bits per heavy atom. The number of nitrogens with zero attached hydrogens (tertiary/aromatic N) is 3. The summed E-state index contributed by atoms with van der Waals surface area (Å²) >= 11 is 1.32. The monoisotopic (exact) mass is 365 g/mol. The standard InChI is InChI=1S/C18H15N5O2S/c24-15(12-6-8-14(9-7-12)23-11-10-19-18(23)25)20-17-22-21-16(26-17)13-4-2-1-3-5-13/h1-9H,10-11H2,(H,19,25)(H,20,22,24). The van der Waals surface area contributed by atoms with Crippen LogP contribution in [0.25, 0.3) is 10.6 Å². The van der Waals surface area contributed by atoms with Gasteiger partial charge in [0.1, 0.15) is 5.01 Å². The normalized spacial score (nSPS) is 13.5. The summed E-state index contributed by atoms with van der Waals surface area (Å²) in [6, 6.07) is 16.5. The minimum atomic E-state index is -0.266. The van der Waals surface area contributed by atoms with Crippen molar-refractivity contribution in [1.82, 2.24) is 15.5 Å². The van der Waals surface area contributed by atoms with Crippen molar-refractivity contribution in [3.63, 3.8) is 0 Å². The molecule has 3 aromatic rings. The van der Waals surface area contributed by atoms with Crippen LogP contribution < -0.4 is 15.5 Å². The van der Waals surface area contributed by atoms with Crippen molar-refractivity contribution in [2.24, 2.45) is 0 Å². The van der Waals surface area contributed by atoms with Gasteiger partial charge in [-0.15, -0.1) is 10.2 Å². The smallest absolute Gasteiger partial charge is 0.321 e. The van der Waals surface area contributed by atoms with Crippen molar-refractivity contribution in [3.05, 3.63) is 60.2 Å². The van der Waals surface area contributed by atoms with Gasteiger partial charge in [-0.1, -0.05) is 41.7 Å². The lowest BCUT2D eigenvalue weighted by Crippen LogP contribution is -2.27. The lowest BCUT2D eigenvalue weighted by molar-refractivity contribution is 0.102. The Morgan fingerprint density at radius 3 is 2.54 bits per heavy atom. The average Bonchev–Trinajstić information content (AvgIpc) is 3.32. The zero-order valence-corrected chi connectivity index (χ0v) is 14.5. The van der Waals surface area contributed by atoms with Crippen LogP contribution in [0.5, 0.6) is 0 Å². The van der Waals surface area contributed by atoms with Gasteiger partial charge in [0.2, 0.25) is 5.13 Å². The molecule has 26 heavy (non-hydrogen) atoms. The van der Waals surface area contributed by atoms with Gasteiger partial charge >= 0.3 is 6.03 Å². The Labute approximate surface area is 153 Å². The van der Waals surface area contributed by atoms with Crippen LogP contribution in [0.15, 0.2) is 54.6 Å². The number of nitrogens with one attached hydrogen (secondary N) is 2. The van der Waals surface area contributed by atoms with Gasteiger partial charge in [0, 0.05) is 29.9 Å². The number of carbonyl (C=O) groups excluding carboxylic acids is 2. The second kappa shape index (κ2) is 6.93. The first-order valence-electron chi connectivity index (χ1n) is 8.06. The number of hydrogen-bond donors (Lipinski definition) is 2. The third-order valence-electron chi connectivity index (χ3n) is 3.96. The number of hydrogen-bond acceptors (Lipinski definition) is 5. The van der Waals surface area contributed by atoms with Gasteiger partial charge in [-0.05, 0) is 24.3 Å². The molecule has 1 aliphatic rings. The maximum absolute atomic E-state index is 12.4. The molecule has 0 spiro atoms. The summed E-state index contributed by atoms with van der Waals surface area (Å²) in [4.78, 5) is 25.7. The van der Waals surface area contributed by atoms with Crippen molar-refractivity contribution in [2.45, 2.75) is 0 Å². The van der Waals surface area contributed by atoms with Crippen molar-refractivity contribution < 1.29 is 9.59 Å². The third kappa shape index (κ3) is 3.27. The van der Waals surface area contributed by atoms with Crippen LogP contribution in [-0.2, 0) is 0 Å². The fourth-order valence-electron chi connectivity index (χ4n) is 2.65. The van der Waals surface area contributed by atoms with Crippen LogP contribution in [0.2, 0.25) is 0 Å². The SMILES string of the molecule is O=C(Nc1nnc(-c2ccccc2)s1)c1ccc(N2CCNC2=O)cc1. The Bertz CT molecular complexity index is 940. The maximum Gasteiger partial charge on any atom is 0.321 e. The Hall–Kier alpha value is -3.26. The Balaban J connectivity index is 1.45. The molecule has 3 amide bonds. The molecule has 2 heterocycles. The molecule has 130 valence electrons. The van der Waals surface area contributed by atoms with Crippen LogP contribution in [0.3, 0.4) is 0 Å². The highest BCUT2D eigenvalue weighted by Crippen LogP contribution is 2.26. The summed E-state index contributed by atoms with van der Waals surface area (Å²) in [5.41, 5.74) is 2.21. The molecule has 1 saturated heterocycles. The quantitative estimate of drug-likeness (QED) is 0.744. The molecule has 7 nitrogen and oxygen atoms in total. The van der Waals surface area contributed by atoms with Crippen LogP contribution in [-0.4, -0.2) is 35.2 Å². The molecule has 1 aromatic heterocycles. The van der Waals surface area contributed by atoms with Crippen molar-refractivity contribution in [3.8, 4) is 10.6 Å². The van der Waals surface area contributed by atoms with E-state index in [2.05, 4.69) is 20.8 Å². The Morgan fingerprint density at radius 1 is 1.08 bits per heavy atom. The molecular weight excluding hydrogens is 350 g/mol. The lowest BCUT2D eigenvalue weighted by Gasteiger charge is -2.14. The van der Waals surface area contributed by atoms with Gasteiger partial charge < -0.3 is 5.32 Å². The van der Waals surface area contributed by atoms with Gasteiger partial charge in [-0.25, -0.2) is 4.79 Å². The minimum absolute atomic E-state index is 0.121. The summed E-state index contributed by atoms with van der Waals surface area (Å²) in [5.74, 6) is -0.266. The third-order valence-corrected chi connectivity index (χ3v) is 4.85. The number of urea groups is 1. The molecule has 0 radical (unpaired) electrons. The van der Waals surface area contributed by atoms with Gasteiger partial charge in [0.05, 0.1) is 0 Å². The highest BCUT2D eigenvalue weighted by molar-refractivity contribution is 7.18. The summed E-state index contributed by atoms with van der Waals surface area (Å²) in [6.07, 6.45) is 0. The number of amides is 3. The van der Waals surface area contributed by atoms with Gasteiger partial charge in [0.15, 0.2) is 0 Å². The van der Waals surface area contributed by atoms with E-state index in [1.165, 1.54) is 11.3 Å². The number of anilines is 2. The van der Waals surface area contributed by atoms with E-state index in [-0.39, 0.29) is 11.9 Å². The van der Waals surface area contributed by atoms with Crippen molar-refractivity contribution >= 4 is 34.1 Å². The summed E-state index contributed by atoms with van der Waals surface area (Å²) in [5, 5.41) is 14.8. The van der Waals surface area contributed by atoms with Gasteiger partial charge in [-0.3, -0.25) is 15.0 Å². The molecule has 2 aromatic carbocycles. The zero-order valence-electron chi connectivity index (χ0n) is 13.7. The summed E-state index contributed by atoms with van der Waals surface area (Å²) in [7, 11) is 0. The van der Waals surface area contributed by atoms with Crippen LogP contribution in [0.1, 0.15) is 10.4 Å². The largest absolute Gasteiger partial charge is 0.336 e. The van der Waals surface area contributed by atoms with Crippen molar-refractivity contribution in [2.75, 3.05) is 23.3 Å². The lowest BCUT2D eigenvalue weighted by atomic mass is 10.2. The first-order valence-corrected chi connectivity index (χ1v) is 8.88. The molecular formula is C18H15N5O2S. The zero-order chi connectivity index (χ0) is 17.9. The molecule has 0 bridgehead atoms. The van der Waals surface area contributed by atoms with E-state index in [1.54, 1.807) is 29.2 Å². The second-order valence-electron chi connectivity index (χ2n) is 5.66. The number of benzene rings is 2.